The Balaban J connectivity index is 1.69. The van der Waals surface area contributed by atoms with Gasteiger partial charge in [0.05, 0.1) is 12.9 Å². The summed E-state index contributed by atoms with van der Waals surface area (Å²) in [6, 6.07) is 0.731. The van der Waals surface area contributed by atoms with Crippen molar-refractivity contribution in [1.82, 2.24) is 14.5 Å². The fourth-order valence-electron chi connectivity index (χ4n) is 2.23. The van der Waals surface area contributed by atoms with Crippen molar-refractivity contribution in [2.45, 2.75) is 38.3 Å². The van der Waals surface area contributed by atoms with Crippen LogP contribution in [0.15, 0.2) is 18.7 Å². The van der Waals surface area contributed by atoms with Crippen LogP contribution in [0.1, 0.15) is 25.7 Å². The fraction of sp³-hybridized carbons (Fsp3) is 0.750. The predicted molar refractivity (Wildman–Crippen MR) is 63.1 cm³/mol. The largest absolute Gasteiger partial charge is 0.395 e. The first kappa shape index (κ1) is 11.6. The molecular formula is C12H21N3O. The number of aliphatic hydroxyl groups is 1. The Bertz CT molecular complexity index is 282. The zero-order chi connectivity index (χ0) is 11.2. The van der Waals surface area contributed by atoms with Crippen LogP contribution in [0.5, 0.6) is 0 Å². The minimum atomic E-state index is 0.279. The molecule has 90 valence electrons. The van der Waals surface area contributed by atoms with Crippen molar-refractivity contribution in [3.05, 3.63) is 18.7 Å². The van der Waals surface area contributed by atoms with Gasteiger partial charge in [0, 0.05) is 38.1 Å². The molecule has 0 aliphatic heterocycles. The van der Waals surface area contributed by atoms with Gasteiger partial charge in [-0.1, -0.05) is 6.42 Å². The number of imidazole rings is 1. The van der Waals surface area contributed by atoms with E-state index in [1.807, 2.05) is 18.7 Å². The highest BCUT2D eigenvalue weighted by atomic mass is 16.3. The van der Waals surface area contributed by atoms with Crippen molar-refractivity contribution < 1.29 is 5.11 Å². The minimum absolute atomic E-state index is 0.279. The fourth-order valence-corrected chi connectivity index (χ4v) is 2.23. The number of rotatable bonds is 7. The van der Waals surface area contributed by atoms with Crippen molar-refractivity contribution in [3.8, 4) is 0 Å². The molecule has 16 heavy (non-hydrogen) atoms. The molecular weight excluding hydrogens is 202 g/mol. The van der Waals surface area contributed by atoms with Gasteiger partial charge in [-0.15, -0.1) is 0 Å². The molecule has 0 radical (unpaired) electrons. The molecule has 0 aromatic carbocycles. The number of hydrogen-bond acceptors (Lipinski definition) is 3. The highest BCUT2D eigenvalue weighted by Gasteiger charge is 2.23. The normalized spacial score (nSPS) is 16.6. The summed E-state index contributed by atoms with van der Waals surface area (Å²) < 4.78 is 2.11. The van der Waals surface area contributed by atoms with E-state index in [4.69, 9.17) is 5.11 Å². The minimum Gasteiger partial charge on any atom is -0.395 e. The van der Waals surface area contributed by atoms with Crippen LogP contribution < -0.4 is 0 Å². The van der Waals surface area contributed by atoms with Gasteiger partial charge in [0.2, 0.25) is 0 Å². The molecule has 1 aliphatic rings. The molecule has 0 atom stereocenters. The third kappa shape index (κ3) is 3.06. The molecule has 0 bridgehead atoms. The summed E-state index contributed by atoms with van der Waals surface area (Å²) in [4.78, 5) is 6.46. The highest BCUT2D eigenvalue weighted by Crippen LogP contribution is 2.24. The molecule has 1 fully saturated rings. The first-order valence-corrected chi connectivity index (χ1v) is 6.21. The van der Waals surface area contributed by atoms with Gasteiger partial charge in [0.1, 0.15) is 0 Å². The Morgan fingerprint density at radius 2 is 2.25 bits per heavy atom. The van der Waals surface area contributed by atoms with Crippen molar-refractivity contribution in [2.24, 2.45) is 0 Å². The molecule has 2 rings (SSSR count). The van der Waals surface area contributed by atoms with Crippen LogP contribution in [-0.2, 0) is 6.54 Å². The summed E-state index contributed by atoms with van der Waals surface area (Å²) in [5, 5.41) is 9.03. The lowest BCUT2D eigenvalue weighted by Gasteiger charge is -2.37. The number of aliphatic hydroxyl groups excluding tert-OH is 1. The standard InChI is InChI=1S/C12H21N3O/c16-10-9-15(12-3-1-4-12)7-2-6-14-8-5-13-11-14/h5,8,11-12,16H,1-4,6-7,9-10H2. The van der Waals surface area contributed by atoms with Crippen LogP contribution in [0.2, 0.25) is 0 Å². The van der Waals surface area contributed by atoms with E-state index >= 15 is 0 Å². The Labute approximate surface area is 96.9 Å². The molecule has 4 nitrogen and oxygen atoms in total. The van der Waals surface area contributed by atoms with Crippen LogP contribution in [0.3, 0.4) is 0 Å². The molecule has 1 N–H and O–H groups in total. The van der Waals surface area contributed by atoms with Gasteiger partial charge in [-0.05, 0) is 19.3 Å². The summed E-state index contributed by atoms with van der Waals surface area (Å²) in [6.45, 7) is 3.22. The van der Waals surface area contributed by atoms with E-state index < -0.39 is 0 Å². The average Bonchev–Trinajstić information content (AvgIpc) is 2.68. The van der Waals surface area contributed by atoms with Crippen molar-refractivity contribution in [3.63, 3.8) is 0 Å². The Morgan fingerprint density at radius 3 is 2.81 bits per heavy atom. The summed E-state index contributed by atoms with van der Waals surface area (Å²) in [7, 11) is 0. The van der Waals surface area contributed by atoms with E-state index in [2.05, 4.69) is 14.5 Å². The number of aryl methyl sites for hydroxylation is 1. The monoisotopic (exact) mass is 223 g/mol. The van der Waals surface area contributed by atoms with Crippen molar-refractivity contribution in [1.29, 1.82) is 0 Å². The van der Waals surface area contributed by atoms with E-state index in [1.54, 1.807) is 0 Å². The second-order valence-electron chi connectivity index (χ2n) is 4.50. The lowest BCUT2D eigenvalue weighted by Crippen LogP contribution is -2.42. The van der Waals surface area contributed by atoms with Crippen molar-refractivity contribution >= 4 is 0 Å². The van der Waals surface area contributed by atoms with Gasteiger partial charge in [-0.2, -0.15) is 0 Å². The summed E-state index contributed by atoms with van der Waals surface area (Å²) in [6.07, 6.45) is 10.8. The molecule has 1 aromatic rings. The van der Waals surface area contributed by atoms with Crippen LogP contribution >= 0.6 is 0 Å². The second-order valence-corrected chi connectivity index (χ2v) is 4.50. The molecule has 0 spiro atoms. The third-order valence-electron chi connectivity index (χ3n) is 3.40. The topological polar surface area (TPSA) is 41.3 Å². The lowest BCUT2D eigenvalue weighted by atomic mass is 9.91. The maximum absolute atomic E-state index is 9.03. The van der Waals surface area contributed by atoms with Gasteiger partial charge in [0.25, 0.3) is 0 Å². The predicted octanol–water partition coefficient (Wildman–Crippen LogP) is 1.12. The first-order chi connectivity index (χ1) is 7.90. The number of hydrogen-bond donors (Lipinski definition) is 1. The maximum Gasteiger partial charge on any atom is 0.0945 e. The number of aromatic nitrogens is 2. The van der Waals surface area contributed by atoms with E-state index in [9.17, 15) is 0 Å². The zero-order valence-electron chi connectivity index (χ0n) is 9.76. The van der Waals surface area contributed by atoms with Gasteiger partial charge < -0.3 is 9.67 Å². The first-order valence-electron chi connectivity index (χ1n) is 6.21. The Morgan fingerprint density at radius 1 is 1.38 bits per heavy atom. The molecule has 1 aliphatic carbocycles. The lowest BCUT2D eigenvalue weighted by molar-refractivity contribution is 0.0989. The van der Waals surface area contributed by atoms with Crippen LogP contribution in [0.4, 0.5) is 0 Å². The van der Waals surface area contributed by atoms with Gasteiger partial charge in [-0.3, -0.25) is 4.90 Å². The van der Waals surface area contributed by atoms with Gasteiger partial charge in [0.15, 0.2) is 0 Å². The Hall–Kier alpha value is -0.870. The smallest absolute Gasteiger partial charge is 0.0945 e. The summed E-state index contributed by atoms with van der Waals surface area (Å²) >= 11 is 0. The van der Waals surface area contributed by atoms with E-state index in [0.29, 0.717) is 0 Å². The third-order valence-corrected chi connectivity index (χ3v) is 3.40. The molecule has 1 saturated carbocycles. The zero-order valence-corrected chi connectivity index (χ0v) is 9.76. The van der Waals surface area contributed by atoms with E-state index in [0.717, 1.165) is 32.1 Å². The quantitative estimate of drug-likeness (QED) is 0.753. The van der Waals surface area contributed by atoms with E-state index in [-0.39, 0.29) is 6.61 Å². The SMILES string of the molecule is OCCN(CCCn1ccnc1)C1CCC1. The average molecular weight is 223 g/mol. The van der Waals surface area contributed by atoms with Crippen LogP contribution in [0.25, 0.3) is 0 Å². The van der Waals surface area contributed by atoms with Crippen molar-refractivity contribution in [2.75, 3.05) is 19.7 Å². The molecule has 1 heterocycles. The Kier molecular flexibility index (Phi) is 4.36. The van der Waals surface area contributed by atoms with Crippen LogP contribution in [0, 0.1) is 0 Å². The molecule has 4 heteroatoms. The second kappa shape index (κ2) is 6.01. The molecule has 1 aromatic heterocycles. The van der Waals surface area contributed by atoms with Gasteiger partial charge in [-0.25, -0.2) is 4.98 Å². The molecule has 0 amide bonds. The summed E-state index contributed by atoms with van der Waals surface area (Å²) in [5.74, 6) is 0. The summed E-state index contributed by atoms with van der Waals surface area (Å²) in [5.41, 5.74) is 0. The molecule has 0 saturated heterocycles. The maximum atomic E-state index is 9.03. The van der Waals surface area contributed by atoms with Gasteiger partial charge >= 0.3 is 0 Å². The van der Waals surface area contributed by atoms with E-state index in [1.165, 1.54) is 19.3 Å². The number of nitrogens with zero attached hydrogens (tertiary/aromatic N) is 3. The van der Waals surface area contributed by atoms with Crippen LogP contribution in [-0.4, -0.2) is 45.3 Å². The highest BCUT2D eigenvalue weighted by molar-refractivity contribution is 4.80. The molecule has 0 unspecified atom stereocenters.